The molecule has 1 aliphatic rings. The molecule has 3 heteroatoms. The molecule has 0 spiro atoms. The summed E-state index contributed by atoms with van der Waals surface area (Å²) in [4.78, 5) is 5.10. The van der Waals surface area contributed by atoms with E-state index in [1.165, 1.54) is 44.5 Å². The number of likely N-dealkylation sites (tertiary alicyclic amines) is 1. The topological polar surface area (TPSA) is 32.5 Å². The summed E-state index contributed by atoms with van der Waals surface area (Å²) < 4.78 is 0. The van der Waals surface area contributed by atoms with E-state index in [0.29, 0.717) is 0 Å². The highest BCUT2D eigenvalue weighted by molar-refractivity contribution is 5.18. The van der Waals surface area contributed by atoms with Crippen LogP contribution in [0.25, 0.3) is 0 Å². The first-order valence-corrected chi connectivity index (χ1v) is 8.43. The lowest BCUT2D eigenvalue weighted by molar-refractivity contribution is 0.196. The van der Waals surface area contributed by atoms with Gasteiger partial charge >= 0.3 is 0 Å². The second-order valence-electron chi connectivity index (χ2n) is 6.35. The number of hydrogen-bond donors (Lipinski definition) is 1. The predicted octanol–water partition coefficient (Wildman–Crippen LogP) is 2.88. The molecule has 2 N–H and O–H groups in total. The summed E-state index contributed by atoms with van der Waals surface area (Å²) in [6.07, 6.45) is 4.97. The van der Waals surface area contributed by atoms with Gasteiger partial charge in [-0.15, -0.1) is 0 Å². The molecule has 0 amide bonds. The highest BCUT2D eigenvalue weighted by Crippen LogP contribution is 2.18. The predicted molar refractivity (Wildman–Crippen MR) is 90.4 cm³/mol. The second kappa shape index (κ2) is 8.52. The highest BCUT2D eigenvalue weighted by Gasteiger charge is 2.23. The van der Waals surface area contributed by atoms with Crippen LogP contribution in [0.3, 0.4) is 0 Å². The third kappa shape index (κ3) is 5.10. The Bertz CT molecular complexity index is 393. The summed E-state index contributed by atoms with van der Waals surface area (Å²) in [6.45, 7) is 7.10. The SMILES string of the molecule is CCN1CCCC1CN(C)CCCC(N)c1ccccc1. The number of hydrogen-bond acceptors (Lipinski definition) is 3. The molecule has 2 unspecified atom stereocenters. The van der Waals surface area contributed by atoms with Gasteiger partial charge in [-0.25, -0.2) is 0 Å². The molecule has 2 rings (SSSR count). The van der Waals surface area contributed by atoms with Gasteiger partial charge in [0, 0.05) is 18.6 Å². The third-order valence-corrected chi connectivity index (χ3v) is 4.71. The van der Waals surface area contributed by atoms with Crippen molar-refractivity contribution in [2.75, 3.05) is 33.2 Å². The van der Waals surface area contributed by atoms with E-state index in [0.717, 1.165) is 19.0 Å². The van der Waals surface area contributed by atoms with Crippen LogP contribution in [0, 0.1) is 0 Å². The Morgan fingerprint density at radius 3 is 2.81 bits per heavy atom. The fourth-order valence-corrected chi connectivity index (χ4v) is 3.42. The molecule has 1 aromatic carbocycles. The van der Waals surface area contributed by atoms with Crippen molar-refractivity contribution < 1.29 is 0 Å². The zero-order valence-electron chi connectivity index (χ0n) is 13.7. The molecule has 1 heterocycles. The lowest BCUT2D eigenvalue weighted by atomic mass is 10.0. The van der Waals surface area contributed by atoms with E-state index in [1.807, 2.05) is 6.07 Å². The van der Waals surface area contributed by atoms with Gasteiger partial charge in [-0.2, -0.15) is 0 Å². The molecular weight excluding hydrogens is 258 g/mol. The summed E-state index contributed by atoms with van der Waals surface area (Å²) in [6, 6.07) is 11.4. The Hall–Kier alpha value is -0.900. The monoisotopic (exact) mass is 289 g/mol. The van der Waals surface area contributed by atoms with Gasteiger partial charge in [0.25, 0.3) is 0 Å². The Morgan fingerprint density at radius 1 is 1.33 bits per heavy atom. The van der Waals surface area contributed by atoms with Crippen molar-refractivity contribution in [1.82, 2.24) is 9.80 Å². The Labute approximate surface area is 130 Å². The highest BCUT2D eigenvalue weighted by atomic mass is 15.2. The smallest absolute Gasteiger partial charge is 0.0295 e. The van der Waals surface area contributed by atoms with Crippen molar-refractivity contribution in [2.45, 2.75) is 44.7 Å². The average Bonchev–Trinajstić information content (AvgIpc) is 2.95. The second-order valence-corrected chi connectivity index (χ2v) is 6.35. The van der Waals surface area contributed by atoms with Crippen LogP contribution in [0.5, 0.6) is 0 Å². The first-order chi connectivity index (χ1) is 10.2. The molecule has 0 aliphatic carbocycles. The largest absolute Gasteiger partial charge is 0.324 e. The molecule has 3 nitrogen and oxygen atoms in total. The first-order valence-electron chi connectivity index (χ1n) is 8.43. The Kier molecular flexibility index (Phi) is 6.68. The van der Waals surface area contributed by atoms with Gasteiger partial charge in [0.15, 0.2) is 0 Å². The van der Waals surface area contributed by atoms with Gasteiger partial charge in [0.2, 0.25) is 0 Å². The van der Waals surface area contributed by atoms with Crippen molar-refractivity contribution in [2.24, 2.45) is 5.73 Å². The molecule has 1 aromatic rings. The summed E-state index contributed by atoms with van der Waals surface area (Å²) >= 11 is 0. The number of benzene rings is 1. The van der Waals surface area contributed by atoms with Gasteiger partial charge in [-0.05, 0) is 57.9 Å². The van der Waals surface area contributed by atoms with E-state index in [4.69, 9.17) is 5.73 Å². The zero-order chi connectivity index (χ0) is 15.1. The van der Waals surface area contributed by atoms with Crippen LogP contribution in [-0.2, 0) is 0 Å². The number of rotatable bonds is 8. The minimum Gasteiger partial charge on any atom is -0.324 e. The molecule has 118 valence electrons. The minimum absolute atomic E-state index is 0.179. The molecule has 0 bridgehead atoms. The van der Waals surface area contributed by atoms with Crippen LogP contribution in [0.4, 0.5) is 0 Å². The molecule has 1 saturated heterocycles. The van der Waals surface area contributed by atoms with Crippen molar-refractivity contribution in [3.8, 4) is 0 Å². The first kappa shape index (κ1) is 16.5. The Morgan fingerprint density at radius 2 is 2.10 bits per heavy atom. The van der Waals surface area contributed by atoms with Crippen LogP contribution >= 0.6 is 0 Å². The summed E-state index contributed by atoms with van der Waals surface area (Å²) in [5.74, 6) is 0. The number of nitrogens with zero attached hydrogens (tertiary/aromatic N) is 2. The van der Waals surface area contributed by atoms with E-state index in [-0.39, 0.29) is 6.04 Å². The standard InChI is InChI=1S/C18H31N3/c1-3-21-14-7-11-17(21)15-20(2)13-8-12-18(19)16-9-5-4-6-10-16/h4-6,9-10,17-18H,3,7-8,11-15,19H2,1-2H3. The zero-order valence-corrected chi connectivity index (χ0v) is 13.7. The molecule has 0 aromatic heterocycles. The van der Waals surface area contributed by atoms with Gasteiger partial charge in [0.05, 0.1) is 0 Å². The molecule has 21 heavy (non-hydrogen) atoms. The van der Waals surface area contributed by atoms with Crippen LogP contribution < -0.4 is 5.73 Å². The fraction of sp³-hybridized carbons (Fsp3) is 0.667. The van der Waals surface area contributed by atoms with Crippen molar-refractivity contribution in [1.29, 1.82) is 0 Å². The quantitative estimate of drug-likeness (QED) is 0.799. The Balaban J connectivity index is 1.66. The summed E-state index contributed by atoms with van der Waals surface area (Å²) in [5, 5.41) is 0. The molecule has 0 radical (unpaired) electrons. The van der Waals surface area contributed by atoms with Gasteiger partial charge in [-0.3, -0.25) is 4.90 Å². The van der Waals surface area contributed by atoms with Crippen molar-refractivity contribution in [3.05, 3.63) is 35.9 Å². The maximum Gasteiger partial charge on any atom is 0.0295 e. The van der Waals surface area contributed by atoms with Gasteiger partial charge in [-0.1, -0.05) is 37.3 Å². The van der Waals surface area contributed by atoms with Crippen LogP contribution in [0.2, 0.25) is 0 Å². The molecule has 0 saturated carbocycles. The van der Waals surface area contributed by atoms with E-state index in [9.17, 15) is 0 Å². The fourth-order valence-electron chi connectivity index (χ4n) is 3.42. The lowest BCUT2D eigenvalue weighted by Gasteiger charge is -2.28. The van der Waals surface area contributed by atoms with Gasteiger partial charge < -0.3 is 10.6 Å². The van der Waals surface area contributed by atoms with Crippen LogP contribution in [0.15, 0.2) is 30.3 Å². The van der Waals surface area contributed by atoms with Crippen molar-refractivity contribution >= 4 is 0 Å². The average molecular weight is 289 g/mol. The number of likely N-dealkylation sites (N-methyl/N-ethyl adjacent to an activating group) is 2. The van der Waals surface area contributed by atoms with Crippen LogP contribution in [-0.4, -0.2) is 49.1 Å². The molecular formula is C18H31N3. The van der Waals surface area contributed by atoms with E-state index < -0.39 is 0 Å². The normalized spacial score (nSPS) is 21.0. The van der Waals surface area contributed by atoms with Gasteiger partial charge in [0.1, 0.15) is 0 Å². The van der Waals surface area contributed by atoms with E-state index in [2.05, 4.69) is 48.0 Å². The summed E-state index contributed by atoms with van der Waals surface area (Å²) in [7, 11) is 2.25. The third-order valence-electron chi connectivity index (χ3n) is 4.71. The number of nitrogens with two attached hydrogens (primary N) is 1. The lowest BCUT2D eigenvalue weighted by Crippen LogP contribution is -2.39. The molecule has 1 fully saturated rings. The van der Waals surface area contributed by atoms with Crippen LogP contribution in [0.1, 0.15) is 44.2 Å². The minimum atomic E-state index is 0.179. The summed E-state index contributed by atoms with van der Waals surface area (Å²) in [5.41, 5.74) is 7.52. The maximum atomic E-state index is 6.26. The van der Waals surface area contributed by atoms with E-state index >= 15 is 0 Å². The molecule has 1 aliphatic heterocycles. The molecule has 2 atom stereocenters. The maximum absolute atomic E-state index is 6.26. The van der Waals surface area contributed by atoms with E-state index in [1.54, 1.807) is 0 Å². The van der Waals surface area contributed by atoms with Crippen molar-refractivity contribution in [3.63, 3.8) is 0 Å².